The molecule has 6 heteroatoms. The SMILES string of the molecule is COC(C)CNS(=O)(=O)c1ccc(N)c2ccccc12. The molecule has 0 saturated heterocycles. The minimum absolute atomic E-state index is 0.190. The van der Waals surface area contributed by atoms with E-state index in [1.807, 2.05) is 12.1 Å². The zero-order valence-corrected chi connectivity index (χ0v) is 12.3. The molecule has 0 fully saturated rings. The summed E-state index contributed by atoms with van der Waals surface area (Å²) in [4.78, 5) is 0.227. The van der Waals surface area contributed by atoms with E-state index in [-0.39, 0.29) is 17.5 Å². The van der Waals surface area contributed by atoms with Crippen LogP contribution < -0.4 is 10.5 Å². The summed E-state index contributed by atoms with van der Waals surface area (Å²) in [5.41, 5.74) is 6.44. The van der Waals surface area contributed by atoms with Crippen LogP contribution in [0.3, 0.4) is 0 Å². The number of sulfonamides is 1. The Morgan fingerprint density at radius 2 is 1.85 bits per heavy atom. The number of nitrogens with one attached hydrogen (secondary N) is 1. The Kier molecular flexibility index (Phi) is 4.27. The topological polar surface area (TPSA) is 81.4 Å². The second-order valence-corrected chi connectivity index (χ2v) is 6.33. The summed E-state index contributed by atoms with van der Waals surface area (Å²) in [6, 6.07) is 10.3. The Morgan fingerprint density at radius 3 is 2.50 bits per heavy atom. The molecular weight excluding hydrogens is 276 g/mol. The average Bonchev–Trinajstić information content (AvgIpc) is 2.45. The van der Waals surface area contributed by atoms with Gasteiger partial charge in [0.1, 0.15) is 0 Å². The fourth-order valence-corrected chi connectivity index (χ4v) is 3.24. The van der Waals surface area contributed by atoms with Gasteiger partial charge in [-0.1, -0.05) is 24.3 Å². The molecule has 20 heavy (non-hydrogen) atoms. The second-order valence-electron chi connectivity index (χ2n) is 4.60. The quantitative estimate of drug-likeness (QED) is 0.823. The van der Waals surface area contributed by atoms with Gasteiger partial charge in [-0.25, -0.2) is 13.1 Å². The van der Waals surface area contributed by atoms with Crippen molar-refractivity contribution in [1.29, 1.82) is 0 Å². The molecule has 3 N–H and O–H groups in total. The van der Waals surface area contributed by atoms with Crippen molar-refractivity contribution in [2.45, 2.75) is 17.9 Å². The molecule has 0 aliphatic heterocycles. The van der Waals surface area contributed by atoms with Crippen molar-refractivity contribution in [2.24, 2.45) is 0 Å². The number of anilines is 1. The minimum atomic E-state index is -3.59. The Labute approximate surface area is 118 Å². The van der Waals surface area contributed by atoms with E-state index in [4.69, 9.17) is 10.5 Å². The molecule has 108 valence electrons. The largest absolute Gasteiger partial charge is 0.398 e. The maximum atomic E-state index is 12.4. The maximum absolute atomic E-state index is 12.4. The molecule has 0 radical (unpaired) electrons. The van der Waals surface area contributed by atoms with E-state index < -0.39 is 10.0 Å². The van der Waals surface area contributed by atoms with Gasteiger partial charge in [0.25, 0.3) is 0 Å². The number of nitrogens with two attached hydrogens (primary N) is 1. The van der Waals surface area contributed by atoms with Crippen LogP contribution in [-0.4, -0.2) is 28.2 Å². The molecule has 0 aliphatic carbocycles. The maximum Gasteiger partial charge on any atom is 0.241 e. The van der Waals surface area contributed by atoms with Crippen molar-refractivity contribution in [3.05, 3.63) is 36.4 Å². The third kappa shape index (κ3) is 2.92. The van der Waals surface area contributed by atoms with Gasteiger partial charge in [0, 0.05) is 30.1 Å². The molecule has 5 nitrogen and oxygen atoms in total. The fourth-order valence-electron chi connectivity index (χ4n) is 1.92. The standard InChI is InChI=1S/C14H18N2O3S/c1-10(19-2)9-16-20(17,18)14-8-7-13(15)11-5-3-4-6-12(11)14/h3-8,10,16H,9,15H2,1-2H3. The highest BCUT2D eigenvalue weighted by Crippen LogP contribution is 2.27. The van der Waals surface area contributed by atoms with Crippen molar-refractivity contribution in [1.82, 2.24) is 4.72 Å². The zero-order chi connectivity index (χ0) is 14.8. The average molecular weight is 294 g/mol. The number of methoxy groups -OCH3 is 1. The monoisotopic (exact) mass is 294 g/mol. The molecule has 0 heterocycles. The molecule has 1 atom stereocenters. The summed E-state index contributed by atoms with van der Waals surface area (Å²) >= 11 is 0. The highest BCUT2D eigenvalue weighted by molar-refractivity contribution is 7.89. The van der Waals surface area contributed by atoms with Gasteiger partial charge in [0.2, 0.25) is 10.0 Å². The van der Waals surface area contributed by atoms with E-state index in [9.17, 15) is 8.42 Å². The van der Waals surface area contributed by atoms with Crippen LogP contribution >= 0.6 is 0 Å². The van der Waals surface area contributed by atoms with Crippen molar-refractivity contribution < 1.29 is 13.2 Å². The van der Waals surface area contributed by atoms with E-state index >= 15 is 0 Å². The fraction of sp³-hybridized carbons (Fsp3) is 0.286. The van der Waals surface area contributed by atoms with Gasteiger partial charge in [-0.15, -0.1) is 0 Å². The Balaban J connectivity index is 2.45. The summed E-state index contributed by atoms with van der Waals surface area (Å²) in [7, 11) is -2.06. The molecule has 0 amide bonds. The van der Waals surface area contributed by atoms with Crippen molar-refractivity contribution in [2.75, 3.05) is 19.4 Å². The van der Waals surface area contributed by atoms with Crippen molar-refractivity contribution >= 4 is 26.5 Å². The van der Waals surface area contributed by atoms with E-state index in [0.717, 1.165) is 5.39 Å². The van der Waals surface area contributed by atoms with Gasteiger partial charge in [-0.3, -0.25) is 0 Å². The molecule has 1 unspecified atom stereocenters. The molecule has 0 bridgehead atoms. The molecular formula is C14H18N2O3S. The van der Waals surface area contributed by atoms with Gasteiger partial charge in [-0.2, -0.15) is 0 Å². The number of ether oxygens (including phenoxy) is 1. The van der Waals surface area contributed by atoms with Crippen LogP contribution in [0.1, 0.15) is 6.92 Å². The third-order valence-electron chi connectivity index (χ3n) is 3.17. The molecule has 0 saturated carbocycles. The highest BCUT2D eigenvalue weighted by atomic mass is 32.2. The zero-order valence-electron chi connectivity index (χ0n) is 11.5. The van der Waals surface area contributed by atoms with Crippen LogP contribution in [0.5, 0.6) is 0 Å². The third-order valence-corrected chi connectivity index (χ3v) is 4.65. The number of fused-ring (bicyclic) bond motifs is 1. The second kappa shape index (κ2) is 5.78. The summed E-state index contributed by atoms with van der Waals surface area (Å²) < 4.78 is 32.3. The van der Waals surface area contributed by atoms with E-state index in [0.29, 0.717) is 11.1 Å². The predicted octanol–water partition coefficient (Wildman–Crippen LogP) is 1.74. The van der Waals surface area contributed by atoms with Gasteiger partial charge in [-0.05, 0) is 19.1 Å². The van der Waals surface area contributed by atoms with Crippen molar-refractivity contribution in [3.63, 3.8) is 0 Å². The normalized spacial score (nSPS) is 13.5. The molecule has 0 aliphatic rings. The predicted molar refractivity (Wildman–Crippen MR) is 80.0 cm³/mol. The highest BCUT2D eigenvalue weighted by Gasteiger charge is 2.18. The lowest BCUT2D eigenvalue weighted by atomic mass is 10.1. The minimum Gasteiger partial charge on any atom is -0.398 e. The van der Waals surface area contributed by atoms with E-state index in [1.54, 1.807) is 25.1 Å². The van der Waals surface area contributed by atoms with E-state index in [2.05, 4.69) is 4.72 Å². The smallest absolute Gasteiger partial charge is 0.241 e. The number of rotatable bonds is 5. The lowest BCUT2D eigenvalue weighted by Crippen LogP contribution is -2.31. The molecule has 2 aromatic carbocycles. The number of nitrogen functional groups attached to an aromatic ring is 1. The first-order valence-electron chi connectivity index (χ1n) is 6.25. The molecule has 2 aromatic rings. The molecule has 2 rings (SSSR count). The van der Waals surface area contributed by atoms with Crippen LogP contribution in [-0.2, 0) is 14.8 Å². The number of benzene rings is 2. The Bertz CT molecular complexity index is 713. The molecule has 0 aromatic heterocycles. The molecule has 0 spiro atoms. The van der Waals surface area contributed by atoms with Gasteiger partial charge in [0.15, 0.2) is 0 Å². The van der Waals surface area contributed by atoms with Crippen molar-refractivity contribution in [3.8, 4) is 0 Å². The first-order valence-corrected chi connectivity index (χ1v) is 7.73. The van der Waals surface area contributed by atoms with Gasteiger partial charge >= 0.3 is 0 Å². The Morgan fingerprint density at radius 1 is 1.20 bits per heavy atom. The van der Waals surface area contributed by atoms with E-state index in [1.165, 1.54) is 13.2 Å². The first kappa shape index (κ1) is 14.8. The lowest BCUT2D eigenvalue weighted by Gasteiger charge is -2.13. The lowest BCUT2D eigenvalue weighted by molar-refractivity contribution is 0.122. The van der Waals surface area contributed by atoms with Crippen LogP contribution in [0, 0.1) is 0 Å². The Hall–Kier alpha value is -1.63. The summed E-state index contributed by atoms with van der Waals surface area (Å²) in [6.45, 7) is 2.02. The van der Waals surface area contributed by atoms with Crippen LogP contribution in [0.25, 0.3) is 10.8 Å². The van der Waals surface area contributed by atoms with Crippen LogP contribution in [0.15, 0.2) is 41.3 Å². The van der Waals surface area contributed by atoms with Crippen LogP contribution in [0.4, 0.5) is 5.69 Å². The number of hydrogen-bond donors (Lipinski definition) is 2. The summed E-state index contributed by atoms with van der Waals surface area (Å²) in [5, 5.41) is 1.35. The summed E-state index contributed by atoms with van der Waals surface area (Å²) in [5.74, 6) is 0. The van der Waals surface area contributed by atoms with Gasteiger partial charge < -0.3 is 10.5 Å². The van der Waals surface area contributed by atoms with Crippen LogP contribution in [0.2, 0.25) is 0 Å². The number of hydrogen-bond acceptors (Lipinski definition) is 4. The summed E-state index contributed by atoms with van der Waals surface area (Å²) in [6.07, 6.45) is -0.190. The first-order chi connectivity index (χ1) is 9.45. The van der Waals surface area contributed by atoms with Gasteiger partial charge in [0.05, 0.1) is 11.0 Å².